The Kier molecular flexibility index (Phi) is 5.92. The van der Waals surface area contributed by atoms with E-state index in [9.17, 15) is 70.7 Å². The summed E-state index contributed by atoms with van der Waals surface area (Å²) in [6, 6.07) is 0. The predicted molar refractivity (Wildman–Crippen MR) is 54.1 cm³/mol. The summed E-state index contributed by atoms with van der Waals surface area (Å²) in [6.07, 6.45) is -10.0. The van der Waals surface area contributed by atoms with Gasteiger partial charge in [0, 0.05) is 6.08 Å². The lowest BCUT2D eigenvalue weighted by Gasteiger charge is -2.41. The third kappa shape index (κ3) is 3.51. The quantitative estimate of drug-likeness (QED) is 0.464. The molecule has 0 rings (SSSR count). The van der Waals surface area contributed by atoms with Crippen LogP contribution in [-0.2, 0) is 4.79 Å². The predicted octanol–water partition coefficient (Wildman–Crippen LogP) is 4.40. The fourth-order valence-corrected chi connectivity index (χ4v) is 1.27. The van der Waals surface area contributed by atoms with Crippen molar-refractivity contribution in [3.63, 3.8) is 0 Å². The molecule has 2 nitrogen and oxygen atoms in total. The highest BCUT2D eigenvalue weighted by atomic mass is 19.4. The summed E-state index contributed by atoms with van der Waals surface area (Å²) >= 11 is 0. The number of rotatable bonds is 7. The molecule has 0 aliphatic carbocycles. The normalized spacial score (nSPS) is 16.1. The average molecular weight is 439 g/mol. The summed E-state index contributed by atoms with van der Waals surface area (Å²) in [7, 11) is 0. The Morgan fingerprint density at radius 3 is 1.15 bits per heavy atom. The van der Waals surface area contributed by atoms with Gasteiger partial charge in [-0.2, -0.15) is 65.9 Å². The molecule has 0 heterocycles. The van der Waals surface area contributed by atoms with E-state index in [0.29, 0.717) is 0 Å². The van der Waals surface area contributed by atoms with Crippen molar-refractivity contribution in [2.24, 2.45) is 5.73 Å². The van der Waals surface area contributed by atoms with Gasteiger partial charge in [-0.1, -0.05) is 0 Å². The molecule has 1 amide bonds. The minimum absolute atomic E-state index is 0.801. The number of alkyl halides is 15. The number of allylic oxidation sites excluding steroid dienone is 1. The van der Waals surface area contributed by atoms with Gasteiger partial charge in [0.15, 0.2) is 0 Å². The highest BCUT2D eigenvalue weighted by Crippen LogP contribution is 2.62. The number of carbonyl (C=O) groups excluding carboxylic acids is 1. The van der Waals surface area contributed by atoms with Crippen molar-refractivity contribution in [2.75, 3.05) is 0 Å². The molecule has 0 radical (unpaired) electrons. The third-order valence-corrected chi connectivity index (χ3v) is 2.81. The standard InChI is InChI=1S/C10H4F15NO/c11-4(12,2-1-3(26)27)5(13,14)6(15,16)7(17,18)8(19,20)9(21,22)10(23,24)25/h1-2H,(H2,26,27)/b2-1+. The van der Waals surface area contributed by atoms with Crippen molar-refractivity contribution in [1.29, 1.82) is 0 Å². The first-order valence-electron chi connectivity index (χ1n) is 5.74. The van der Waals surface area contributed by atoms with E-state index in [0.717, 1.165) is 0 Å². The summed E-state index contributed by atoms with van der Waals surface area (Å²) in [5.41, 5.74) is 4.13. The van der Waals surface area contributed by atoms with Crippen LogP contribution >= 0.6 is 0 Å². The minimum Gasteiger partial charge on any atom is -0.366 e. The molecule has 0 saturated heterocycles. The molecule has 0 fully saturated rings. The van der Waals surface area contributed by atoms with Gasteiger partial charge in [-0.3, -0.25) is 4.79 Å². The van der Waals surface area contributed by atoms with Crippen molar-refractivity contribution < 1.29 is 70.7 Å². The van der Waals surface area contributed by atoms with Gasteiger partial charge >= 0.3 is 41.7 Å². The number of amides is 1. The first-order valence-corrected chi connectivity index (χ1v) is 5.74. The lowest BCUT2D eigenvalue weighted by molar-refractivity contribution is -0.449. The summed E-state index contributed by atoms with van der Waals surface area (Å²) < 4.78 is 190. The van der Waals surface area contributed by atoms with Gasteiger partial charge in [0.05, 0.1) is 0 Å². The summed E-state index contributed by atoms with van der Waals surface area (Å²) in [6.45, 7) is 0. The maximum absolute atomic E-state index is 13.1. The van der Waals surface area contributed by atoms with Crippen LogP contribution in [0.2, 0.25) is 0 Å². The van der Waals surface area contributed by atoms with Crippen molar-refractivity contribution in [3.05, 3.63) is 12.2 Å². The van der Waals surface area contributed by atoms with E-state index in [1.165, 1.54) is 0 Å². The molecule has 0 spiro atoms. The van der Waals surface area contributed by atoms with Crippen molar-refractivity contribution in [1.82, 2.24) is 0 Å². The summed E-state index contributed by atoms with van der Waals surface area (Å²) in [5.74, 6) is -49.2. The van der Waals surface area contributed by atoms with Crippen molar-refractivity contribution in [3.8, 4) is 0 Å². The first-order chi connectivity index (χ1) is 11.4. The lowest BCUT2D eigenvalue weighted by atomic mass is 9.91. The molecule has 0 atom stereocenters. The minimum atomic E-state index is -8.35. The van der Waals surface area contributed by atoms with Crippen LogP contribution in [-0.4, -0.2) is 47.6 Å². The van der Waals surface area contributed by atoms with Crippen LogP contribution in [0.1, 0.15) is 0 Å². The van der Waals surface area contributed by atoms with Crippen LogP contribution in [0.25, 0.3) is 0 Å². The molecular formula is C10H4F15NO. The zero-order valence-electron chi connectivity index (χ0n) is 11.8. The van der Waals surface area contributed by atoms with Gasteiger partial charge in [-0.15, -0.1) is 0 Å². The molecular weight excluding hydrogens is 435 g/mol. The zero-order chi connectivity index (χ0) is 22.5. The van der Waals surface area contributed by atoms with Gasteiger partial charge in [0.1, 0.15) is 0 Å². The smallest absolute Gasteiger partial charge is 0.366 e. The molecule has 0 aromatic heterocycles. The van der Waals surface area contributed by atoms with E-state index >= 15 is 0 Å². The fraction of sp³-hybridized carbons (Fsp3) is 0.700. The number of primary amides is 1. The SMILES string of the molecule is NC(=O)/C=C/C(F)(F)C(F)(F)C(F)(F)C(F)(F)C(F)(F)C(F)(F)C(F)(F)F. The Balaban J connectivity index is 6.51. The molecule has 0 unspecified atom stereocenters. The zero-order valence-corrected chi connectivity index (χ0v) is 11.8. The Morgan fingerprint density at radius 2 is 0.852 bits per heavy atom. The van der Waals surface area contributed by atoms with Gasteiger partial charge in [0.25, 0.3) is 0 Å². The lowest BCUT2D eigenvalue weighted by Crippen LogP contribution is -2.72. The maximum atomic E-state index is 13.1. The van der Waals surface area contributed by atoms with Gasteiger partial charge in [-0.05, 0) is 6.08 Å². The fourth-order valence-electron chi connectivity index (χ4n) is 1.27. The largest absolute Gasteiger partial charge is 0.460 e. The van der Waals surface area contributed by atoms with Crippen molar-refractivity contribution >= 4 is 5.91 Å². The molecule has 0 aliphatic heterocycles. The molecule has 17 heteroatoms. The Labute approximate surface area is 137 Å². The van der Waals surface area contributed by atoms with Crippen LogP contribution in [0.5, 0.6) is 0 Å². The average Bonchev–Trinajstić information content (AvgIpc) is 2.42. The molecule has 160 valence electrons. The second kappa shape index (κ2) is 6.35. The number of carbonyl (C=O) groups is 1. The Bertz CT molecular complexity index is 602. The number of hydrogen-bond donors (Lipinski definition) is 1. The van der Waals surface area contributed by atoms with E-state index in [2.05, 4.69) is 5.73 Å². The highest BCUT2D eigenvalue weighted by Gasteiger charge is 2.93. The number of hydrogen-bond acceptors (Lipinski definition) is 1. The summed E-state index contributed by atoms with van der Waals surface area (Å²) in [5, 5.41) is 0. The van der Waals surface area contributed by atoms with Crippen LogP contribution in [0, 0.1) is 0 Å². The van der Waals surface area contributed by atoms with E-state index in [1.807, 2.05) is 0 Å². The second-order valence-corrected chi connectivity index (χ2v) is 4.73. The molecule has 0 aromatic carbocycles. The number of halogens is 15. The monoisotopic (exact) mass is 439 g/mol. The van der Waals surface area contributed by atoms with E-state index in [4.69, 9.17) is 0 Å². The molecule has 0 bridgehead atoms. The number of nitrogens with two attached hydrogens (primary N) is 1. The molecule has 2 N–H and O–H groups in total. The van der Waals surface area contributed by atoms with E-state index in [1.54, 1.807) is 0 Å². The molecule has 27 heavy (non-hydrogen) atoms. The van der Waals surface area contributed by atoms with Gasteiger partial charge < -0.3 is 5.73 Å². The van der Waals surface area contributed by atoms with Crippen LogP contribution in [0.3, 0.4) is 0 Å². The van der Waals surface area contributed by atoms with Crippen LogP contribution < -0.4 is 5.73 Å². The van der Waals surface area contributed by atoms with Crippen LogP contribution in [0.4, 0.5) is 65.9 Å². The van der Waals surface area contributed by atoms with Crippen molar-refractivity contribution in [2.45, 2.75) is 41.7 Å². The third-order valence-electron chi connectivity index (χ3n) is 2.81. The Hall–Kier alpha value is -1.84. The topological polar surface area (TPSA) is 43.1 Å². The van der Waals surface area contributed by atoms with E-state index in [-0.39, 0.29) is 0 Å². The second-order valence-electron chi connectivity index (χ2n) is 4.73. The van der Waals surface area contributed by atoms with E-state index < -0.39 is 59.8 Å². The summed E-state index contributed by atoms with van der Waals surface area (Å²) in [4.78, 5) is 10.1. The van der Waals surface area contributed by atoms with Crippen LogP contribution in [0.15, 0.2) is 12.2 Å². The van der Waals surface area contributed by atoms with Gasteiger partial charge in [0.2, 0.25) is 5.91 Å². The molecule has 0 aliphatic rings. The first kappa shape index (κ1) is 25.2. The maximum Gasteiger partial charge on any atom is 0.460 e. The Morgan fingerprint density at radius 1 is 0.556 bits per heavy atom. The molecule has 0 saturated carbocycles. The molecule has 0 aromatic rings. The highest BCUT2D eigenvalue weighted by molar-refractivity contribution is 5.85. The van der Waals surface area contributed by atoms with Gasteiger partial charge in [-0.25, -0.2) is 0 Å².